The summed E-state index contributed by atoms with van der Waals surface area (Å²) in [4.78, 5) is 17.8. The molecule has 0 radical (unpaired) electrons. The third-order valence-electron chi connectivity index (χ3n) is 5.56. The summed E-state index contributed by atoms with van der Waals surface area (Å²) in [6.45, 7) is 0. The Labute approximate surface area is 220 Å². The Hall–Kier alpha value is -4.12. The molecule has 0 aliphatic carbocycles. The Morgan fingerprint density at radius 2 is 1.62 bits per heavy atom. The highest BCUT2D eigenvalue weighted by atomic mass is 35.5. The summed E-state index contributed by atoms with van der Waals surface area (Å²) in [6, 6.07) is 19.6. The van der Waals surface area contributed by atoms with E-state index < -0.39 is 27.2 Å². The molecule has 0 fully saturated rings. The number of hydrogen-bond acceptors (Lipinski definition) is 8. The Morgan fingerprint density at radius 1 is 0.919 bits per heavy atom. The number of sulfone groups is 1. The van der Waals surface area contributed by atoms with Gasteiger partial charge in [-0.15, -0.1) is 0 Å². The number of phenols is 1. The standard InChI is InChI=1S/C26H17ClN2O6S2/c27-17-6-4-5-16(13-17)22-21(23(31)15-9-11-18(30)12-10-15)24(32)25(33)29(22)26-28-14-20(36-26)37(34,35)19-7-2-1-3-8-19/h1-14,30,32-33H. The van der Waals surface area contributed by atoms with E-state index in [9.17, 15) is 28.5 Å². The second-order valence-corrected chi connectivity index (χ2v) is 11.5. The topological polar surface area (TPSA) is 130 Å². The molecule has 37 heavy (non-hydrogen) atoms. The highest BCUT2D eigenvalue weighted by Gasteiger charge is 2.32. The molecule has 2 aromatic heterocycles. The molecule has 0 unspecified atom stereocenters. The number of hydrogen-bond donors (Lipinski definition) is 3. The fraction of sp³-hybridized carbons (Fsp3) is 0. The maximum Gasteiger partial charge on any atom is 0.242 e. The lowest BCUT2D eigenvalue weighted by Crippen LogP contribution is -2.04. The van der Waals surface area contributed by atoms with Gasteiger partial charge in [0.1, 0.15) is 9.96 Å². The van der Waals surface area contributed by atoms with Crippen molar-refractivity contribution in [2.75, 3.05) is 0 Å². The van der Waals surface area contributed by atoms with Crippen LogP contribution < -0.4 is 0 Å². The lowest BCUT2D eigenvalue weighted by molar-refractivity contribution is 0.103. The first-order chi connectivity index (χ1) is 17.7. The number of aromatic nitrogens is 2. The fourth-order valence-corrected chi connectivity index (χ4v) is 6.55. The first-order valence-electron chi connectivity index (χ1n) is 10.7. The van der Waals surface area contributed by atoms with Crippen LogP contribution in [-0.2, 0) is 9.84 Å². The molecule has 5 aromatic rings. The van der Waals surface area contributed by atoms with Crippen LogP contribution in [0.3, 0.4) is 0 Å². The summed E-state index contributed by atoms with van der Waals surface area (Å²) >= 11 is 6.96. The van der Waals surface area contributed by atoms with E-state index in [-0.39, 0.29) is 36.8 Å². The molecule has 0 spiro atoms. The van der Waals surface area contributed by atoms with Crippen LogP contribution in [0, 0.1) is 0 Å². The Morgan fingerprint density at radius 3 is 2.30 bits per heavy atom. The van der Waals surface area contributed by atoms with Gasteiger partial charge >= 0.3 is 0 Å². The molecule has 3 aromatic carbocycles. The number of nitrogens with zero attached hydrogens (tertiary/aromatic N) is 2. The van der Waals surface area contributed by atoms with Crippen LogP contribution in [0.5, 0.6) is 17.4 Å². The maximum absolute atomic E-state index is 13.5. The van der Waals surface area contributed by atoms with Gasteiger partial charge in [0.25, 0.3) is 0 Å². The number of aromatic hydroxyl groups is 3. The van der Waals surface area contributed by atoms with Crippen LogP contribution in [0.2, 0.25) is 5.02 Å². The van der Waals surface area contributed by atoms with E-state index >= 15 is 0 Å². The fourth-order valence-electron chi connectivity index (χ4n) is 3.81. The molecule has 8 nitrogen and oxygen atoms in total. The minimum absolute atomic E-state index is 0.00189. The molecule has 0 saturated heterocycles. The average Bonchev–Trinajstić information content (AvgIpc) is 3.48. The molecule has 0 aliphatic rings. The molecule has 11 heteroatoms. The lowest BCUT2D eigenvalue weighted by atomic mass is 9.99. The summed E-state index contributed by atoms with van der Waals surface area (Å²) in [5.41, 5.74) is 0.328. The van der Waals surface area contributed by atoms with Crippen LogP contribution >= 0.6 is 22.9 Å². The molecule has 0 atom stereocenters. The van der Waals surface area contributed by atoms with Gasteiger partial charge in [0.2, 0.25) is 15.7 Å². The van der Waals surface area contributed by atoms with Gasteiger partial charge in [-0.1, -0.05) is 53.3 Å². The number of carbonyl (C=O) groups is 1. The zero-order valence-electron chi connectivity index (χ0n) is 18.7. The molecule has 3 N–H and O–H groups in total. The van der Waals surface area contributed by atoms with Gasteiger partial charge in [-0.3, -0.25) is 9.36 Å². The van der Waals surface area contributed by atoms with Crippen molar-refractivity contribution in [1.82, 2.24) is 9.55 Å². The van der Waals surface area contributed by atoms with Gasteiger partial charge < -0.3 is 15.3 Å². The lowest BCUT2D eigenvalue weighted by Gasteiger charge is -2.10. The van der Waals surface area contributed by atoms with Crippen LogP contribution in [0.15, 0.2) is 94.2 Å². The molecular formula is C26H17ClN2O6S2. The largest absolute Gasteiger partial charge is 0.508 e. The van der Waals surface area contributed by atoms with Gasteiger partial charge in [-0.05, 0) is 48.5 Å². The van der Waals surface area contributed by atoms with E-state index in [1.54, 1.807) is 36.4 Å². The van der Waals surface area contributed by atoms with E-state index in [0.717, 1.165) is 22.1 Å². The minimum atomic E-state index is -3.90. The van der Waals surface area contributed by atoms with Crippen molar-refractivity contribution >= 4 is 38.6 Å². The predicted octanol–water partition coefficient (Wildman–Crippen LogP) is 5.43. The summed E-state index contributed by atoms with van der Waals surface area (Å²) in [7, 11) is -3.90. The number of ketones is 1. The minimum Gasteiger partial charge on any atom is -0.508 e. The number of rotatable bonds is 6. The SMILES string of the molecule is O=C(c1ccc(O)cc1)c1c(O)c(O)n(-c2ncc(S(=O)(=O)c3ccccc3)s2)c1-c1cccc(Cl)c1. The monoisotopic (exact) mass is 552 g/mol. The normalized spacial score (nSPS) is 11.5. The van der Waals surface area contributed by atoms with Gasteiger partial charge in [-0.2, -0.15) is 0 Å². The maximum atomic E-state index is 13.5. The average molecular weight is 553 g/mol. The number of halogens is 1. The number of carbonyl (C=O) groups excluding carboxylic acids is 1. The van der Waals surface area contributed by atoms with Crippen molar-refractivity contribution in [1.29, 1.82) is 0 Å². The molecular weight excluding hydrogens is 536 g/mol. The zero-order valence-corrected chi connectivity index (χ0v) is 21.1. The van der Waals surface area contributed by atoms with Gasteiger partial charge in [-0.25, -0.2) is 13.4 Å². The van der Waals surface area contributed by atoms with E-state index in [1.165, 1.54) is 42.5 Å². The van der Waals surface area contributed by atoms with Gasteiger partial charge in [0.05, 0.1) is 22.3 Å². The number of phenolic OH excluding ortho intramolecular Hbond substituents is 1. The van der Waals surface area contributed by atoms with Gasteiger partial charge in [0, 0.05) is 16.1 Å². The van der Waals surface area contributed by atoms with E-state index in [0.29, 0.717) is 10.6 Å². The van der Waals surface area contributed by atoms with Crippen LogP contribution in [0.4, 0.5) is 0 Å². The highest BCUT2D eigenvalue weighted by Crippen LogP contribution is 2.45. The van der Waals surface area contributed by atoms with Crippen LogP contribution in [0.25, 0.3) is 16.4 Å². The smallest absolute Gasteiger partial charge is 0.242 e. The van der Waals surface area contributed by atoms with Crippen molar-refractivity contribution in [2.45, 2.75) is 9.10 Å². The molecule has 2 heterocycles. The summed E-state index contributed by atoms with van der Waals surface area (Å²) in [6.07, 6.45) is 1.15. The first-order valence-corrected chi connectivity index (χ1v) is 13.4. The Bertz CT molecular complexity index is 1740. The van der Waals surface area contributed by atoms with Crippen molar-refractivity contribution in [2.24, 2.45) is 0 Å². The van der Waals surface area contributed by atoms with E-state index in [4.69, 9.17) is 11.6 Å². The Balaban J connectivity index is 1.73. The quantitative estimate of drug-likeness (QED) is 0.239. The second kappa shape index (κ2) is 9.40. The molecule has 186 valence electrons. The van der Waals surface area contributed by atoms with E-state index in [2.05, 4.69) is 4.98 Å². The van der Waals surface area contributed by atoms with Crippen molar-refractivity contribution < 1.29 is 28.5 Å². The zero-order chi connectivity index (χ0) is 26.3. The van der Waals surface area contributed by atoms with Crippen molar-refractivity contribution in [3.8, 4) is 33.8 Å². The second-order valence-electron chi connectivity index (χ2n) is 7.90. The predicted molar refractivity (Wildman–Crippen MR) is 139 cm³/mol. The van der Waals surface area contributed by atoms with Crippen molar-refractivity contribution in [3.05, 3.63) is 101 Å². The summed E-state index contributed by atoms with van der Waals surface area (Å²) in [5, 5.41) is 31.8. The van der Waals surface area contributed by atoms with Crippen LogP contribution in [0.1, 0.15) is 15.9 Å². The highest BCUT2D eigenvalue weighted by molar-refractivity contribution is 7.93. The number of benzene rings is 3. The Kier molecular flexibility index (Phi) is 6.24. The third-order valence-corrected chi connectivity index (χ3v) is 9.01. The van der Waals surface area contributed by atoms with Gasteiger partial charge in [0.15, 0.2) is 16.7 Å². The third kappa shape index (κ3) is 4.35. The van der Waals surface area contributed by atoms with E-state index in [1.807, 2.05) is 0 Å². The molecule has 0 saturated carbocycles. The number of thiazole rings is 1. The first kappa shape index (κ1) is 24.6. The van der Waals surface area contributed by atoms with Crippen LogP contribution in [-0.4, -0.2) is 39.1 Å². The summed E-state index contributed by atoms with van der Waals surface area (Å²) in [5.74, 6) is -2.10. The summed E-state index contributed by atoms with van der Waals surface area (Å²) < 4.78 is 27.2. The molecule has 0 bridgehead atoms. The molecule has 0 aliphatic heterocycles. The van der Waals surface area contributed by atoms with Crippen molar-refractivity contribution in [3.63, 3.8) is 0 Å². The molecule has 0 amide bonds. The molecule has 5 rings (SSSR count).